The predicted octanol–water partition coefficient (Wildman–Crippen LogP) is 5.65. The van der Waals surface area contributed by atoms with Crippen molar-refractivity contribution >= 4 is 17.3 Å². The van der Waals surface area contributed by atoms with Crippen LogP contribution in [-0.2, 0) is 12.6 Å². The maximum atomic E-state index is 13.1. The SMILES string of the molecule is Cc1cc(CC(=O)c2cnn(-c3ccc(C(F)(F)F)cn3)c2C)cnc1C1=CCN(C(=O)c2ccccc2)CC1. The molecule has 0 atom stereocenters. The Kier molecular flexibility index (Phi) is 7.34. The highest BCUT2D eigenvalue weighted by atomic mass is 19.4. The van der Waals surface area contributed by atoms with Crippen LogP contribution in [0, 0.1) is 13.8 Å². The van der Waals surface area contributed by atoms with Gasteiger partial charge in [-0.3, -0.25) is 14.6 Å². The fourth-order valence-electron chi connectivity index (χ4n) is 4.77. The van der Waals surface area contributed by atoms with Crippen molar-refractivity contribution in [3.05, 3.63) is 112 Å². The van der Waals surface area contributed by atoms with Gasteiger partial charge < -0.3 is 4.90 Å². The number of benzene rings is 1. The fraction of sp³-hybridized carbons (Fsp3) is 0.233. The van der Waals surface area contributed by atoms with Crippen molar-refractivity contribution in [1.29, 1.82) is 0 Å². The van der Waals surface area contributed by atoms with E-state index in [4.69, 9.17) is 0 Å². The number of pyridine rings is 2. The minimum Gasteiger partial charge on any atom is -0.335 e. The van der Waals surface area contributed by atoms with Crippen molar-refractivity contribution in [3.8, 4) is 5.82 Å². The molecule has 0 saturated heterocycles. The minimum absolute atomic E-state index is 0.00200. The monoisotopic (exact) mass is 545 g/mol. The number of amides is 1. The minimum atomic E-state index is -4.48. The van der Waals surface area contributed by atoms with Gasteiger partial charge in [0, 0.05) is 37.5 Å². The topological polar surface area (TPSA) is 81.0 Å². The van der Waals surface area contributed by atoms with Gasteiger partial charge in [-0.1, -0.05) is 30.3 Å². The lowest BCUT2D eigenvalue weighted by Crippen LogP contribution is -2.34. The van der Waals surface area contributed by atoms with Crippen LogP contribution in [0.4, 0.5) is 13.2 Å². The van der Waals surface area contributed by atoms with Crippen molar-refractivity contribution in [2.75, 3.05) is 13.1 Å². The summed E-state index contributed by atoms with van der Waals surface area (Å²) in [6.45, 7) is 4.71. The first-order chi connectivity index (χ1) is 19.1. The molecule has 0 bridgehead atoms. The van der Waals surface area contributed by atoms with Crippen molar-refractivity contribution in [3.63, 3.8) is 0 Å². The molecule has 4 aromatic rings. The number of Topliss-reactive ketones (excluding diaryl/α,β-unsaturated/α-hetero) is 1. The van der Waals surface area contributed by atoms with Gasteiger partial charge in [-0.2, -0.15) is 18.3 Å². The molecule has 0 spiro atoms. The lowest BCUT2D eigenvalue weighted by atomic mass is 9.97. The first-order valence-electron chi connectivity index (χ1n) is 12.7. The molecule has 7 nitrogen and oxygen atoms in total. The van der Waals surface area contributed by atoms with E-state index in [1.54, 1.807) is 13.1 Å². The smallest absolute Gasteiger partial charge is 0.335 e. The van der Waals surface area contributed by atoms with E-state index >= 15 is 0 Å². The summed E-state index contributed by atoms with van der Waals surface area (Å²) in [7, 11) is 0. The second-order valence-electron chi connectivity index (χ2n) is 9.66. The molecule has 0 radical (unpaired) electrons. The third kappa shape index (κ3) is 5.56. The van der Waals surface area contributed by atoms with Crippen molar-refractivity contribution in [2.24, 2.45) is 0 Å². The summed E-state index contributed by atoms with van der Waals surface area (Å²) in [4.78, 5) is 36.1. The first-order valence-corrected chi connectivity index (χ1v) is 12.7. The summed E-state index contributed by atoms with van der Waals surface area (Å²) in [6.07, 6.45) is 2.15. The zero-order valence-corrected chi connectivity index (χ0v) is 21.9. The highest BCUT2D eigenvalue weighted by molar-refractivity contribution is 5.98. The van der Waals surface area contributed by atoms with Gasteiger partial charge in [0.15, 0.2) is 11.6 Å². The Bertz CT molecular complexity index is 1590. The Morgan fingerprint density at radius 2 is 1.75 bits per heavy atom. The van der Waals surface area contributed by atoms with E-state index in [9.17, 15) is 22.8 Å². The molecular weight excluding hydrogens is 519 g/mol. The summed E-state index contributed by atoms with van der Waals surface area (Å²) in [5, 5.41) is 4.17. The number of hydrogen-bond acceptors (Lipinski definition) is 5. The molecule has 40 heavy (non-hydrogen) atoms. The van der Waals surface area contributed by atoms with Crippen LogP contribution in [0.5, 0.6) is 0 Å². The number of halogens is 3. The summed E-state index contributed by atoms with van der Waals surface area (Å²) in [5.41, 5.74) is 4.24. The zero-order valence-electron chi connectivity index (χ0n) is 21.9. The van der Waals surface area contributed by atoms with E-state index in [1.807, 2.05) is 54.3 Å². The number of hydrogen-bond donors (Lipinski definition) is 0. The Labute approximate surface area is 229 Å². The Morgan fingerprint density at radius 1 is 0.975 bits per heavy atom. The van der Waals surface area contributed by atoms with E-state index in [1.165, 1.54) is 16.9 Å². The van der Waals surface area contributed by atoms with Crippen molar-refractivity contribution < 1.29 is 22.8 Å². The number of rotatable bonds is 6. The third-order valence-electron chi connectivity index (χ3n) is 6.92. The van der Waals surface area contributed by atoms with Crippen molar-refractivity contribution in [2.45, 2.75) is 32.9 Å². The van der Waals surface area contributed by atoms with Gasteiger partial charge in [0.25, 0.3) is 5.91 Å². The van der Waals surface area contributed by atoms with Gasteiger partial charge in [-0.15, -0.1) is 0 Å². The Hall–Kier alpha value is -4.60. The molecule has 0 N–H and O–H groups in total. The second-order valence-corrected chi connectivity index (χ2v) is 9.66. The molecule has 10 heteroatoms. The van der Waals surface area contributed by atoms with Gasteiger partial charge >= 0.3 is 6.18 Å². The normalized spacial score (nSPS) is 13.7. The number of alkyl halides is 3. The van der Waals surface area contributed by atoms with E-state index < -0.39 is 11.7 Å². The predicted molar refractivity (Wildman–Crippen MR) is 143 cm³/mol. The van der Waals surface area contributed by atoms with Crippen LogP contribution < -0.4 is 0 Å². The van der Waals surface area contributed by atoms with Crippen LogP contribution in [0.1, 0.15) is 55.2 Å². The highest BCUT2D eigenvalue weighted by Crippen LogP contribution is 2.29. The molecule has 1 aliphatic rings. The molecule has 204 valence electrons. The molecule has 5 rings (SSSR count). The number of carbonyl (C=O) groups excluding carboxylic acids is 2. The third-order valence-corrected chi connectivity index (χ3v) is 6.92. The lowest BCUT2D eigenvalue weighted by molar-refractivity contribution is -0.137. The maximum Gasteiger partial charge on any atom is 0.417 e. The molecule has 1 aromatic carbocycles. The Balaban J connectivity index is 1.26. The number of nitrogens with zero attached hydrogens (tertiary/aromatic N) is 5. The van der Waals surface area contributed by atoms with Crippen LogP contribution in [0.3, 0.4) is 0 Å². The van der Waals surface area contributed by atoms with E-state index in [2.05, 4.69) is 15.1 Å². The molecule has 4 heterocycles. The fourth-order valence-corrected chi connectivity index (χ4v) is 4.77. The van der Waals surface area contributed by atoms with Crippen LogP contribution >= 0.6 is 0 Å². The average molecular weight is 546 g/mol. The highest BCUT2D eigenvalue weighted by Gasteiger charge is 2.31. The van der Waals surface area contributed by atoms with Crippen LogP contribution in [0.25, 0.3) is 11.4 Å². The van der Waals surface area contributed by atoms with Gasteiger partial charge in [-0.05, 0) is 61.2 Å². The molecule has 0 fully saturated rings. The van der Waals surface area contributed by atoms with Gasteiger partial charge in [0.05, 0.1) is 28.7 Å². The lowest BCUT2D eigenvalue weighted by Gasteiger charge is -2.27. The van der Waals surface area contributed by atoms with E-state index in [0.29, 0.717) is 36.3 Å². The van der Waals surface area contributed by atoms with Crippen LogP contribution in [0.2, 0.25) is 0 Å². The number of carbonyl (C=O) groups is 2. The van der Waals surface area contributed by atoms with E-state index in [-0.39, 0.29) is 23.9 Å². The van der Waals surface area contributed by atoms with Crippen LogP contribution in [0.15, 0.2) is 73.2 Å². The molecule has 1 aliphatic heterocycles. The van der Waals surface area contributed by atoms with Gasteiger partial charge in [0.1, 0.15) is 0 Å². The summed E-state index contributed by atoms with van der Waals surface area (Å²) < 4.78 is 39.9. The molecular formula is C30H26F3N5O2. The quantitative estimate of drug-likeness (QED) is 0.293. The molecule has 0 saturated carbocycles. The molecule has 0 aliphatic carbocycles. The molecule has 0 unspecified atom stereocenters. The van der Waals surface area contributed by atoms with Gasteiger partial charge in [-0.25, -0.2) is 9.67 Å². The summed E-state index contributed by atoms with van der Waals surface area (Å²) in [5.74, 6) is 0.00919. The number of ketones is 1. The standard InChI is InChI=1S/C30H26F3N5O2/c1-19-14-21(16-35-28(19)22-10-12-37(13-11-22)29(40)23-6-4-3-5-7-23)15-26(39)25-18-36-38(20(25)2)27-9-8-24(17-34-27)30(31,32)33/h3-10,14,16-18H,11-13,15H2,1-2H3. The van der Waals surface area contributed by atoms with Gasteiger partial charge in [0.2, 0.25) is 0 Å². The molecule has 3 aromatic heterocycles. The number of aromatic nitrogens is 4. The summed E-state index contributed by atoms with van der Waals surface area (Å²) >= 11 is 0. The summed E-state index contributed by atoms with van der Waals surface area (Å²) in [6, 6.07) is 13.3. The average Bonchev–Trinajstić information content (AvgIpc) is 3.34. The van der Waals surface area contributed by atoms with Crippen molar-refractivity contribution in [1.82, 2.24) is 24.6 Å². The Morgan fingerprint density at radius 3 is 2.38 bits per heavy atom. The largest absolute Gasteiger partial charge is 0.417 e. The molecule has 1 amide bonds. The zero-order chi connectivity index (χ0) is 28.4. The van der Waals surface area contributed by atoms with Crippen LogP contribution in [-0.4, -0.2) is 49.4 Å². The number of aryl methyl sites for hydroxylation is 1. The second kappa shape index (κ2) is 10.9. The van der Waals surface area contributed by atoms with E-state index in [0.717, 1.165) is 34.7 Å². The first kappa shape index (κ1) is 27.0. The maximum absolute atomic E-state index is 13.1.